The van der Waals surface area contributed by atoms with Crippen molar-refractivity contribution >= 4 is 11.5 Å². The van der Waals surface area contributed by atoms with Gasteiger partial charge in [0.1, 0.15) is 0 Å². The first-order chi connectivity index (χ1) is 7.33. The Balaban J connectivity index is 2.62. The highest BCUT2D eigenvalue weighted by Crippen LogP contribution is 2.24. The van der Waals surface area contributed by atoms with Crippen LogP contribution >= 0.6 is 11.5 Å². The molecule has 0 spiro atoms. The van der Waals surface area contributed by atoms with E-state index in [-0.39, 0.29) is 0 Å². The zero-order valence-corrected chi connectivity index (χ0v) is 10.1. The van der Waals surface area contributed by atoms with Crippen LogP contribution in [0.3, 0.4) is 0 Å². The zero-order valence-electron chi connectivity index (χ0n) is 9.29. The van der Waals surface area contributed by atoms with Crippen LogP contribution in [0.4, 0.5) is 0 Å². The average molecular weight is 223 g/mol. The summed E-state index contributed by atoms with van der Waals surface area (Å²) >= 11 is 1.49. The summed E-state index contributed by atoms with van der Waals surface area (Å²) < 4.78 is 4.00. The van der Waals surface area contributed by atoms with E-state index in [0.717, 1.165) is 31.4 Å². The predicted molar refractivity (Wildman–Crippen MR) is 63.8 cm³/mol. The predicted octanol–water partition coefficient (Wildman–Crippen LogP) is 2.16. The number of unbranched alkanes of at least 4 members (excludes halogenated alkanes) is 1. The maximum Gasteiger partial charge on any atom is 0.0800 e. The molecule has 0 fully saturated rings. The van der Waals surface area contributed by atoms with Crippen LogP contribution < -0.4 is 5.32 Å². The second-order valence-electron chi connectivity index (χ2n) is 3.38. The van der Waals surface area contributed by atoms with Crippen LogP contribution in [0.5, 0.6) is 0 Å². The molecule has 0 saturated carbocycles. The molecule has 0 aliphatic carbocycles. The first-order valence-electron chi connectivity index (χ1n) is 5.25. The van der Waals surface area contributed by atoms with Gasteiger partial charge in [-0.15, -0.1) is 17.4 Å². The lowest BCUT2D eigenvalue weighted by Gasteiger charge is -2.13. The number of nitrogens with one attached hydrogen (secondary N) is 1. The molecule has 0 bridgehead atoms. The second kappa shape index (κ2) is 6.54. The minimum absolute atomic E-state index is 0.355. The lowest BCUT2D eigenvalue weighted by Crippen LogP contribution is -2.16. The molecule has 82 valence electrons. The van der Waals surface area contributed by atoms with Crippen molar-refractivity contribution in [1.82, 2.24) is 14.9 Å². The van der Waals surface area contributed by atoms with Crippen LogP contribution in [0.2, 0.25) is 0 Å². The highest BCUT2D eigenvalue weighted by Gasteiger charge is 2.15. The number of hydrogen-bond donors (Lipinski definition) is 1. The summed E-state index contributed by atoms with van der Waals surface area (Å²) in [5.41, 5.74) is 1.11. The minimum atomic E-state index is 0.355. The van der Waals surface area contributed by atoms with Crippen molar-refractivity contribution in [3.63, 3.8) is 0 Å². The standard InChI is InChI=1S/C11H17N3S/c1-4-6-7-8-10(12-3)11-9(5-2)13-14-15-11/h1,10,12H,5-8H2,2-3H3. The summed E-state index contributed by atoms with van der Waals surface area (Å²) in [5, 5.41) is 7.42. The van der Waals surface area contributed by atoms with Crippen molar-refractivity contribution in [3.05, 3.63) is 10.6 Å². The van der Waals surface area contributed by atoms with Gasteiger partial charge in [-0.25, -0.2) is 0 Å². The van der Waals surface area contributed by atoms with Crippen molar-refractivity contribution in [2.75, 3.05) is 7.05 Å². The fourth-order valence-corrected chi connectivity index (χ4v) is 2.42. The fraction of sp³-hybridized carbons (Fsp3) is 0.636. The summed E-state index contributed by atoms with van der Waals surface area (Å²) in [7, 11) is 1.97. The molecular weight excluding hydrogens is 206 g/mol. The van der Waals surface area contributed by atoms with Gasteiger partial charge in [0.2, 0.25) is 0 Å². The minimum Gasteiger partial charge on any atom is -0.312 e. The normalized spacial score (nSPS) is 12.3. The quantitative estimate of drug-likeness (QED) is 0.593. The van der Waals surface area contributed by atoms with Gasteiger partial charge < -0.3 is 5.32 Å². The molecule has 1 rings (SSSR count). The van der Waals surface area contributed by atoms with Gasteiger partial charge in [0.05, 0.1) is 10.6 Å². The van der Waals surface area contributed by atoms with Crippen molar-refractivity contribution in [1.29, 1.82) is 0 Å². The summed E-state index contributed by atoms with van der Waals surface area (Å²) in [6.07, 6.45) is 9.12. The molecule has 0 aromatic carbocycles. The van der Waals surface area contributed by atoms with E-state index in [1.165, 1.54) is 16.4 Å². The Kier molecular flexibility index (Phi) is 5.30. The number of nitrogens with zero attached hydrogens (tertiary/aromatic N) is 2. The summed E-state index contributed by atoms with van der Waals surface area (Å²) in [6, 6.07) is 0.355. The van der Waals surface area contributed by atoms with Crippen LogP contribution in [0.15, 0.2) is 0 Å². The van der Waals surface area contributed by atoms with E-state index in [0.29, 0.717) is 6.04 Å². The molecule has 1 aromatic heterocycles. The molecule has 0 radical (unpaired) electrons. The van der Waals surface area contributed by atoms with E-state index in [2.05, 4.69) is 27.7 Å². The van der Waals surface area contributed by atoms with E-state index in [4.69, 9.17) is 6.42 Å². The molecular formula is C11H17N3S. The Bertz CT molecular complexity index is 327. The molecule has 4 heteroatoms. The van der Waals surface area contributed by atoms with Crippen molar-refractivity contribution in [2.24, 2.45) is 0 Å². The first kappa shape index (κ1) is 12.2. The third-order valence-electron chi connectivity index (χ3n) is 2.40. The van der Waals surface area contributed by atoms with Gasteiger partial charge in [-0.3, -0.25) is 0 Å². The zero-order chi connectivity index (χ0) is 11.1. The molecule has 0 aliphatic rings. The van der Waals surface area contributed by atoms with Gasteiger partial charge in [0.15, 0.2) is 0 Å². The number of terminal acetylenes is 1. The van der Waals surface area contributed by atoms with Gasteiger partial charge in [-0.1, -0.05) is 11.4 Å². The van der Waals surface area contributed by atoms with E-state index in [1.807, 2.05) is 7.05 Å². The highest BCUT2D eigenvalue weighted by atomic mass is 32.1. The van der Waals surface area contributed by atoms with Crippen LogP contribution in [0.25, 0.3) is 0 Å². The van der Waals surface area contributed by atoms with Crippen LogP contribution in [0.1, 0.15) is 42.8 Å². The number of aromatic nitrogens is 2. The molecule has 15 heavy (non-hydrogen) atoms. The van der Waals surface area contributed by atoms with Crippen LogP contribution in [-0.2, 0) is 6.42 Å². The van der Waals surface area contributed by atoms with Crippen molar-refractivity contribution in [2.45, 2.75) is 38.6 Å². The van der Waals surface area contributed by atoms with Gasteiger partial charge in [0.25, 0.3) is 0 Å². The van der Waals surface area contributed by atoms with Crippen LogP contribution in [-0.4, -0.2) is 16.6 Å². The number of aryl methyl sites for hydroxylation is 1. The van der Waals surface area contributed by atoms with Gasteiger partial charge in [-0.2, -0.15) is 0 Å². The lowest BCUT2D eigenvalue weighted by molar-refractivity contribution is 0.535. The number of hydrogen-bond acceptors (Lipinski definition) is 4. The molecule has 1 aromatic rings. The Morgan fingerprint density at radius 3 is 3.00 bits per heavy atom. The van der Waals surface area contributed by atoms with Gasteiger partial charge >= 0.3 is 0 Å². The molecule has 1 atom stereocenters. The Morgan fingerprint density at radius 2 is 2.40 bits per heavy atom. The molecule has 1 N–H and O–H groups in total. The largest absolute Gasteiger partial charge is 0.312 e. The molecule has 0 amide bonds. The Morgan fingerprint density at radius 1 is 1.60 bits per heavy atom. The SMILES string of the molecule is C#CCCCC(NC)c1snnc1CC. The van der Waals surface area contributed by atoms with E-state index in [9.17, 15) is 0 Å². The Labute approximate surface area is 95.5 Å². The lowest BCUT2D eigenvalue weighted by atomic mass is 10.1. The summed E-state index contributed by atoms with van der Waals surface area (Å²) in [5.74, 6) is 2.67. The summed E-state index contributed by atoms with van der Waals surface area (Å²) in [4.78, 5) is 1.26. The van der Waals surface area contributed by atoms with Gasteiger partial charge in [-0.05, 0) is 37.8 Å². The number of rotatable bonds is 6. The third kappa shape index (κ3) is 3.29. The topological polar surface area (TPSA) is 37.8 Å². The van der Waals surface area contributed by atoms with Gasteiger partial charge in [0, 0.05) is 12.5 Å². The average Bonchev–Trinajstić information content (AvgIpc) is 2.72. The smallest absolute Gasteiger partial charge is 0.0800 e. The van der Waals surface area contributed by atoms with E-state index in [1.54, 1.807) is 0 Å². The fourth-order valence-electron chi connectivity index (χ4n) is 1.54. The highest BCUT2D eigenvalue weighted by molar-refractivity contribution is 7.05. The van der Waals surface area contributed by atoms with Crippen LogP contribution in [0, 0.1) is 12.3 Å². The van der Waals surface area contributed by atoms with E-state index < -0.39 is 0 Å². The molecule has 1 heterocycles. The maximum atomic E-state index is 5.24. The molecule has 1 unspecified atom stereocenters. The monoisotopic (exact) mass is 223 g/mol. The Hall–Kier alpha value is -0.920. The second-order valence-corrected chi connectivity index (χ2v) is 4.16. The van der Waals surface area contributed by atoms with Crippen molar-refractivity contribution < 1.29 is 0 Å². The molecule has 0 aliphatic heterocycles. The van der Waals surface area contributed by atoms with Crippen molar-refractivity contribution in [3.8, 4) is 12.3 Å². The maximum absolute atomic E-state index is 5.24. The molecule has 0 saturated heterocycles. The third-order valence-corrected chi connectivity index (χ3v) is 3.28. The summed E-state index contributed by atoms with van der Waals surface area (Å²) in [6.45, 7) is 2.11. The first-order valence-corrected chi connectivity index (χ1v) is 6.02. The van der Waals surface area contributed by atoms with E-state index >= 15 is 0 Å². The molecule has 3 nitrogen and oxygen atoms in total.